The van der Waals surface area contributed by atoms with E-state index in [1.54, 1.807) is 18.7 Å². The van der Waals surface area contributed by atoms with Gasteiger partial charge in [-0.3, -0.25) is 9.59 Å². The number of hydrogen-bond acceptors (Lipinski definition) is 4. The summed E-state index contributed by atoms with van der Waals surface area (Å²) in [5.74, 6) is 0.173. The number of ether oxygens (including phenoxy) is 2. The van der Waals surface area contributed by atoms with Crippen molar-refractivity contribution in [2.45, 2.75) is 59.1 Å². The third-order valence-electron chi connectivity index (χ3n) is 4.80. The summed E-state index contributed by atoms with van der Waals surface area (Å²) >= 11 is 0. The smallest absolute Gasteiger partial charge is 0.307 e. The molecule has 0 aliphatic carbocycles. The van der Waals surface area contributed by atoms with Gasteiger partial charge >= 0.3 is 5.97 Å². The fourth-order valence-electron chi connectivity index (χ4n) is 3.08. The number of hydrogen-bond donors (Lipinski definition) is 0. The number of rotatable bonds is 9. The number of esters is 1. The van der Waals surface area contributed by atoms with Gasteiger partial charge in [0.05, 0.1) is 13.0 Å². The second-order valence-corrected chi connectivity index (χ2v) is 8.33. The zero-order valence-corrected chi connectivity index (χ0v) is 18.7. The lowest BCUT2D eigenvalue weighted by Gasteiger charge is -2.26. The fraction of sp³-hybridized carbons (Fsp3) is 0.440. The van der Waals surface area contributed by atoms with E-state index in [0.717, 1.165) is 5.56 Å². The SMILES string of the molecule is CCOC(=O)CCN(Cc1ccccc1)C(=O)C(C)Oc1ccc(C(C)(C)C)cc1. The summed E-state index contributed by atoms with van der Waals surface area (Å²) in [6, 6.07) is 17.5. The predicted molar refractivity (Wildman–Crippen MR) is 118 cm³/mol. The Labute approximate surface area is 180 Å². The summed E-state index contributed by atoms with van der Waals surface area (Å²) < 4.78 is 10.9. The summed E-state index contributed by atoms with van der Waals surface area (Å²) in [5, 5.41) is 0. The molecule has 1 amide bonds. The van der Waals surface area contributed by atoms with E-state index in [4.69, 9.17) is 9.47 Å². The van der Waals surface area contributed by atoms with Crippen molar-refractivity contribution in [1.29, 1.82) is 0 Å². The van der Waals surface area contributed by atoms with E-state index in [1.807, 2.05) is 54.6 Å². The van der Waals surface area contributed by atoms with Crippen LogP contribution in [0.1, 0.15) is 52.2 Å². The molecule has 0 heterocycles. The van der Waals surface area contributed by atoms with Gasteiger partial charge in [0.15, 0.2) is 6.10 Å². The molecule has 0 spiro atoms. The molecule has 0 aromatic heterocycles. The first kappa shape index (κ1) is 23.5. The van der Waals surface area contributed by atoms with Crippen molar-refractivity contribution >= 4 is 11.9 Å². The molecule has 0 aliphatic rings. The molecule has 5 heteroatoms. The molecule has 0 N–H and O–H groups in total. The van der Waals surface area contributed by atoms with E-state index < -0.39 is 6.10 Å². The molecule has 0 saturated heterocycles. The van der Waals surface area contributed by atoms with Crippen molar-refractivity contribution in [3.63, 3.8) is 0 Å². The van der Waals surface area contributed by atoms with E-state index in [2.05, 4.69) is 20.8 Å². The third-order valence-corrected chi connectivity index (χ3v) is 4.80. The quantitative estimate of drug-likeness (QED) is 0.560. The van der Waals surface area contributed by atoms with Crippen LogP contribution in [0.25, 0.3) is 0 Å². The number of carbonyl (C=O) groups excluding carboxylic acids is 2. The number of nitrogens with zero attached hydrogens (tertiary/aromatic N) is 1. The third kappa shape index (κ3) is 7.21. The highest BCUT2D eigenvalue weighted by atomic mass is 16.5. The van der Waals surface area contributed by atoms with Crippen LogP contribution in [0, 0.1) is 0 Å². The molecule has 162 valence electrons. The highest BCUT2D eigenvalue weighted by Gasteiger charge is 2.23. The molecule has 2 rings (SSSR count). The van der Waals surface area contributed by atoms with Gasteiger partial charge < -0.3 is 14.4 Å². The minimum Gasteiger partial charge on any atom is -0.481 e. The Morgan fingerprint density at radius 1 is 1.00 bits per heavy atom. The van der Waals surface area contributed by atoms with Crippen LogP contribution >= 0.6 is 0 Å². The van der Waals surface area contributed by atoms with Gasteiger partial charge in [0.25, 0.3) is 5.91 Å². The molecule has 1 unspecified atom stereocenters. The molecule has 30 heavy (non-hydrogen) atoms. The lowest BCUT2D eigenvalue weighted by atomic mass is 9.87. The van der Waals surface area contributed by atoms with Crippen LogP contribution in [0.5, 0.6) is 5.75 Å². The predicted octanol–water partition coefficient (Wildman–Crippen LogP) is 4.73. The van der Waals surface area contributed by atoms with Crippen molar-refractivity contribution < 1.29 is 19.1 Å². The molecular weight excluding hydrogens is 378 g/mol. The second kappa shape index (κ2) is 10.8. The fourth-order valence-corrected chi connectivity index (χ4v) is 3.08. The van der Waals surface area contributed by atoms with E-state index in [9.17, 15) is 9.59 Å². The van der Waals surface area contributed by atoms with E-state index in [-0.39, 0.29) is 30.3 Å². The number of amides is 1. The molecule has 0 saturated carbocycles. The van der Waals surface area contributed by atoms with Crippen LogP contribution in [0.4, 0.5) is 0 Å². The number of carbonyl (C=O) groups is 2. The Hall–Kier alpha value is -2.82. The Kier molecular flexibility index (Phi) is 8.46. The Bertz CT molecular complexity index is 809. The Morgan fingerprint density at radius 3 is 2.20 bits per heavy atom. The lowest BCUT2D eigenvalue weighted by Crippen LogP contribution is -2.41. The summed E-state index contributed by atoms with van der Waals surface area (Å²) in [4.78, 5) is 26.6. The maximum Gasteiger partial charge on any atom is 0.307 e. The van der Waals surface area contributed by atoms with Gasteiger partial charge in [-0.2, -0.15) is 0 Å². The first-order valence-electron chi connectivity index (χ1n) is 10.5. The van der Waals surface area contributed by atoms with Crippen LogP contribution in [-0.4, -0.2) is 36.0 Å². The zero-order valence-electron chi connectivity index (χ0n) is 18.7. The minimum absolute atomic E-state index is 0.0551. The van der Waals surface area contributed by atoms with Gasteiger partial charge in [-0.25, -0.2) is 0 Å². The van der Waals surface area contributed by atoms with Gasteiger partial charge in [-0.1, -0.05) is 63.2 Å². The van der Waals surface area contributed by atoms with Crippen molar-refractivity contribution in [3.8, 4) is 5.75 Å². The van der Waals surface area contributed by atoms with Gasteiger partial charge in [0, 0.05) is 13.1 Å². The normalized spacial score (nSPS) is 12.2. The summed E-state index contributed by atoms with van der Waals surface area (Å²) in [5.41, 5.74) is 2.25. The monoisotopic (exact) mass is 411 g/mol. The largest absolute Gasteiger partial charge is 0.481 e. The highest BCUT2D eigenvalue weighted by molar-refractivity contribution is 5.81. The zero-order chi connectivity index (χ0) is 22.1. The van der Waals surface area contributed by atoms with Crippen LogP contribution in [0.15, 0.2) is 54.6 Å². The highest BCUT2D eigenvalue weighted by Crippen LogP contribution is 2.25. The summed E-state index contributed by atoms with van der Waals surface area (Å²) in [6.45, 7) is 11.0. The molecule has 0 bridgehead atoms. The van der Waals surface area contributed by atoms with E-state index >= 15 is 0 Å². The van der Waals surface area contributed by atoms with Crippen LogP contribution < -0.4 is 4.74 Å². The van der Waals surface area contributed by atoms with Crippen LogP contribution in [-0.2, 0) is 26.3 Å². The molecule has 5 nitrogen and oxygen atoms in total. The van der Waals surface area contributed by atoms with Gasteiger partial charge in [-0.05, 0) is 42.5 Å². The van der Waals surface area contributed by atoms with Crippen molar-refractivity contribution in [1.82, 2.24) is 4.90 Å². The average Bonchev–Trinajstić information content (AvgIpc) is 2.71. The van der Waals surface area contributed by atoms with Crippen LogP contribution in [0.3, 0.4) is 0 Å². The Balaban J connectivity index is 2.07. The number of benzene rings is 2. The Morgan fingerprint density at radius 2 is 1.63 bits per heavy atom. The topological polar surface area (TPSA) is 55.8 Å². The van der Waals surface area contributed by atoms with Gasteiger partial charge in [-0.15, -0.1) is 0 Å². The lowest BCUT2D eigenvalue weighted by molar-refractivity contribution is -0.145. The molecule has 0 fully saturated rings. The maximum absolute atomic E-state index is 13.1. The van der Waals surface area contributed by atoms with Gasteiger partial charge in [0.2, 0.25) is 0 Å². The molecule has 0 aliphatic heterocycles. The maximum atomic E-state index is 13.1. The van der Waals surface area contributed by atoms with Gasteiger partial charge in [0.1, 0.15) is 5.75 Å². The van der Waals surface area contributed by atoms with Crippen LogP contribution in [0.2, 0.25) is 0 Å². The molecular formula is C25H33NO4. The summed E-state index contributed by atoms with van der Waals surface area (Å²) in [6.07, 6.45) is -0.518. The molecule has 1 atom stereocenters. The van der Waals surface area contributed by atoms with E-state index in [0.29, 0.717) is 18.9 Å². The molecule has 0 radical (unpaired) electrons. The second-order valence-electron chi connectivity index (χ2n) is 8.33. The first-order chi connectivity index (χ1) is 14.2. The summed E-state index contributed by atoms with van der Waals surface area (Å²) in [7, 11) is 0. The van der Waals surface area contributed by atoms with E-state index in [1.165, 1.54) is 5.56 Å². The average molecular weight is 412 g/mol. The minimum atomic E-state index is -0.670. The first-order valence-corrected chi connectivity index (χ1v) is 10.5. The van der Waals surface area contributed by atoms with Crippen molar-refractivity contribution in [2.75, 3.05) is 13.2 Å². The molecule has 2 aromatic rings. The van der Waals surface area contributed by atoms with Crippen molar-refractivity contribution in [2.24, 2.45) is 0 Å². The standard InChI is InChI=1S/C25H33NO4/c1-6-29-23(27)16-17-26(18-20-10-8-7-9-11-20)24(28)19(2)30-22-14-12-21(13-15-22)25(3,4)5/h7-15,19H,6,16-18H2,1-5H3. The van der Waals surface area contributed by atoms with Crippen molar-refractivity contribution in [3.05, 3.63) is 65.7 Å². The molecule has 2 aromatic carbocycles.